The van der Waals surface area contributed by atoms with E-state index in [4.69, 9.17) is 16.3 Å². The minimum Gasteiger partial charge on any atom is -0.477 e. The van der Waals surface area contributed by atoms with Crippen LogP contribution in [0.25, 0.3) is 0 Å². The molecular weight excluding hydrogens is 520 g/mol. The van der Waals surface area contributed by atoms with E-state index in [0.717, 1.165) is 11.3 Å². The zero-order chi connectivity index (χ0) is 25.1. The normalized spacial score (nSPS) is 19.9. The van der Waals surface area contributed by atoms with E-state index < -0.39 is 29.2 Å². The van der Waals surface area contributed by atoms with Crippen molar-refractivity contribution in [2.75, 3.05) is 30.4 Å². The summed E-state index contributed by atoms with van der Waals surface area (Å²) < 4.78 is 1.47. The Hall–Kier alpha value is -3.22. The van der Waals surface area contributed by atoms with Gasteiger partial charge in [-0.2, -0.15) is 0 Å². The lowest BCUT2D eigenvalue weighted by atomic mass is 10.0. The highest BCUT2D eigenvalue weighted by atomic mass is 32.2. The van der Waals surface area contributed by atoms with Crippen LogP contribution >= 0.6 is 34.9 Å². The van der Waals surface area contributed by atoms with Crippen LogP contribution in [0.15, 0.2) is 27.0 Å². The topological polar surface area (TPSA) is 217 Å². The van der Waals surface area contributed by atoms with E-state index in [1.807, 2.05) is 0 Å². The summed E-state index contributed by atoms with van der Waals surface area (Å²) >= 11 is 3.73. The number of carboxylic acids is 1. The molecule has 1 unspecified atom stereocenters. The number of amides is 2. The number of thioether (sulfide) groups is 2. The molecule has 2 aliphatic rings. The number of nitrogens with two attached hydrogens (primary N) is 2. The number of rotatable bonds is 10. The number of anilines is 1. The van der Waals surface area contributed by atoms with Gasteiger partial charge in [-0.3, -0.25) is 14.5 Å². The Balaban J connectivity index is 1.49. The van der Waals surface area contributed by atoms with Gasteiger partial charge in [0.1, 0.15) is 29.4 Å². The number of thiazole rings is 1. The van der Waals surface area contributed by atoms with Gasteiger partial charge in [-0.25, -0.2) is 14.5 Å². The molecule has 0 aromatic carbocycles. The number of carbonyl (C=O) groups is 3. The molecule has 0 radical (unpaired) electrons. The fourth-order valence-electron chi connectivity index (χ4n) is 3.26. The number of aromatic nitrogens is 5. The van der Waals surface area contributed by atoms with E-state index in [0.29, 0.717) is 16.5 Å². The summed E-state index contributed by atoms with van der Waals surface area (Å²) in [7, 11) is 1.67. The number of hydrogen-bond donors (Lipinski definition) is 4. The first-order valence-electron chi connectivity index (χ1n) is 9.99. The van der Waals surface area contributed by atoms with Crippen LogP contribution in [0.1, 0.15) is 5.69 Å². The second kappa shape index (κ2) is 10.6. The van der Waals surface area contributed by atoms with Crippen LogP contribution in [0.2, 0.25) is 0 Å². The lowest BCUT2D eigenvalue weighted by Crippen LogP contribution is -2.71. The molecule has 1 saturated heterocycles. The van der Waals surface area contributed by atoms with Crippen molar-refractivity contribution in [2.24, 2.45) is 17.9 Å². The van der Waals surface area contributed by atoms with E-state index in [1.165, 1.54) is 38.5 Å². The number of β-lactam (4-membered cyclic amide) rings is 1. The van der Waals surface area contributed by atoms with Gasteiger partial charge in [-0.15, -0.1) is 28.2 Å². The predicted octanol–water partition coefficient (Wildman–Crippen LogP) is -1.54. The Kier molecular flexibility index (Phi) is 7.53. The summed E-state index contributed by atoms with van der Waals surface area (Å²) in [4.78, 5) is 48.2. The van der Waals surface area contributed by atoms with Crippen LogP contribution in [0, 0.1) is 0 Å². The van der Waals surface area contributed by atoms with Gasteiger partial charge in [-0.1, -0.05) is 16.9 Å². The number of oxime groups is 1. The van der Waals surface area contributed by atoms with E-state index in [2.05, 4.69) is 31.0 Å². The number of hydrogen-bond acceptors (Lipinski definition) is 14. The molecule has 4 heterocycles. The number of fused-ring (bicyclic) bond motifs is 1. The average molecular weight is 541 g/mol. The third-order valence-corrected chi connectivity index (χ3v) is 7.95. The monoisotopic (exact) mass is 540 g/mol. The maximum Gasteiger partial charge on any atom is 0.352 e. The van der Waals surface area contributed by atoms with Crippen LogP contribution in [0.5, 0.6) is 0 Å². The highest BCUT2D eigenvalue weighted by Crippen LogP contribution is 2.41. The fourth-order valence-corrected chi connectivity index (χ4v) is 6.15. The molecule has 18 heteroatoms. The zero-order valence-electron chi connectivity index (χ0n) is 18.2. The van der Waals surface area contributed by atoms with Gasteiger partial charge in [0, 0.05) is 30.5 Å². The quantitative estimate of drug-likeness (QED) is 0.0884. The number of aliphatic carboxylic acids is 1. The van der Waals surface area contributed by atoms with Crippen LogP contribution in [-0.4, -0.2) is 94.8 Å². The molecule has 6 N–H and O–H groups in total. The maximum absolute atomic E-state index is 13.0. The summed E-state index contributed by atoms with van der Waals surface area (Å²) in [5.41, 5.74) is 11.5. The molecule has 4 rings (SSSR count). The number of carboxylic acid groups (broad SMARTS) is 1. The third kappa shape index (κ3) is 5.09. The largest absolute Gasteiger partial charge is 0.477 e. The van der Waals surface area contributed by atoms with Crippen LogP contribution in [0.3, 0.4) is 0 Å². The van der Waals surface area contributed by atoms with Crippen molar-refractivity contribution in [2.45, 2.75) is 16.6 Å². The van der Waals surface area contributed by atoms with Crippen LogP contribution in [0.4, 0.5) is 5.13 Å². The minimum atomic E-state index is -1.23. The highest BCUT2D eigenvalue weighted by Gasteiger charge is 2.54. The molecule has 0 aliphatic carbocycles. The van der Waals surface area contributed by atoms with Crippen LogP contribution < -0.4 is 16.8 Å². The number of nitrogens with one attached hydrogen (secondary N) is 1. The fraction of sp³-hybridized carbons (Fsp3) is 0.412. The number of nitrogen functional groups attached to an aromatic ring is 1. The predicted molar refractivity (Wildman–Crippen MR) is 127 cm³/mol. The van der Waals surface area contributed by atoms with Crippen molar-refractivity contribution in [1.29, 1.82) is 0 Å². The van der Waals surface area contributed by atoms with Gasteiger partial charge in [0.2, 0.25) is 5.16 Å². The van der Waals surface area contributed by atoms with Gasteiger partial charge in [0.25, 0.3) is 11.8 Å². The Morgan fingerprint density at radius 3 is 2.89 bits per heavy atom. The molecule has 2 aliphatic heterocycles. The molecule has 1 fully saturated rings. The van der Waals surface area contributed by atoms with Gasteiger partial charge in [-0.05, 0) is 16.0 Å². The summed E-state index contributed by atoms with van der Waals surface area (Å²) in [6, 6.07) is -0.949. The summed E-state index contributed by atoms with van der Waals surface area (Å²) in [5.74, 6) is -1.84. The standard InChI is InChI=1S/C17H20N10O5S3/c1-26-17(22-24-25-26)35-5-7-4-33-14-10(13(29)27(14)11(7)15(30)31)21-12(28)9(23-32-3-2-18)8-6-34-16(19)20-8/h6,10,14H,2-5,18H2,1H3,(H2,19,20)(H,21,28)(H,30,31)/t10?,14-/m1/s1. The summed E-state index contributed by atoms with van der Waals surface area (Å²) in [6.07, 6.45) is 0. The van der Waals surface area contributed by atoms with E-state index in [9.17, 15) is 19.5 Å². The number of nitrogens with zero attached hydrogens (tertiary/aromatic N) is 7. The van der Waals surface area contributed by atoms with Crippen molar-refractivity contribution >= 4 is 63.5 Å². The number of tetrazole rings is 1. The van der Waals surface area contributed by atoms with E-state index >= 15 is 0 Å². The van der Waals surface area contributed by atoms with Gasteiger partial charge < -0.3 is 26.7 Å². The number of aryl methyl sites for hydroxylation is 1. The van der Waals surface area contributed by atoms with Gasteiger partial charge in [0.15, 0.2) is 10.8 Å². The highest BCUT2D eigenvalue weighted by molar-refractivity contribution is 8.01. The second-order valence-corrected chi connectivity index (χ2v) is 10.1. The van der Waals surface area contributed by atoms with Gasteiger partial charge >= 0.3 is 5.97 Å². The third-order valence-electron chi connectivity index (χ3n) is 4.84. The molecule has 35 heavy (non-hydrogen) atoms. The first kappa shape index (κ1) is 24.9. The lowest BCUT2D eigenvalue weighted by Gasteiger charge is -2.49. The molecule has 186 valence electrons. The Morgan fingerprint density at radius 2 is 2.26 bits per heavy atom. The van der Waals surface area contributed by atoms with E-state index in [-0.39, 0.29) is 41.1 Å². The minimum absolute atomic E-state index is 0.0724. The molecular formula is C17H20N10O5S3. The first-order valence-corrected chi connectivity index (χ1v) is 12.9. The van der Waals surface area contributed by atoms with E-state index in [1.54, 1.807) is 7.05 Å². The molecule has 2 aromatic heterocycles. The molecule has 0 spiro atoms. The zero-order valence-corrected chi connectivity index (χ0v) is 20.6. The lowest BCUT2D eigenvalue weighted by molar-refractivity contribution is -0.150. The molecule has 0 bridgehead atoms. The molecule has 2 atom stereocenters. The summed E-state index contributed by atoms with van der Waals surface area (Å²) in [6.45, 7) is 0.257. The molecule has 15 nitrogen and oxygen atoms in total. The summed E-state index contributed by atoms with van der Waals surface area (Å²) in [5, 5.41) is 29.1. The number of carbonyl (C=O) groups excluding carboxylic acids is 2. The van der Waals surface area contributed by atoms with Crippen LogP contribution in [-0.2, 0) is 26.3 Å². The maximum atomic E-state index is 13.0. The first-order chi connectivity index (χ1) is 16.8. The Bertz CT molecular complexity index is 1210. The van der Waals surface area contributed by atoms with Crippen molar-refractivity contribution in [3.8, 4) is 0 Å². The van der Waals surface area contributed by atoms with Crippen molar-refractivity contribution in [3.05, 3.63) is 22.3 Å². The second-order valence-electron chi connectivity index (χ2n) is 7.12. The SMILES string of the molecule is Cn1nnnc1SCC1=C(C(=O)O)N2C(=O)C(NC(=O)C(=NOCCN)c3csc(N)n3)[C@H]2SC1. The Labute approximate surface area is 210 Å². The molecule has 0 saturated carbocycles. The van der Waals surface area contributed by atoms with Crippen molar-refractivity contribution in [3.63, 3.8) is 0 Å². The van der Waals surface area contributed by atoms with Crippen molar-refractivity contribution in [1.82, 2.24) is 35.4 Å². The average Bonchev–Trinajstić information content (AvgIpc) is 3.45. The molecule has 2 aromatic rings. The molecule has 2 amide bonds. The van der Waals surface area contributed by atoms with Gasteiger partial charge in [0.05, 0.1) is 0 Å². The Morgan fingerprint density at radius 1 is 1.46 bits per heavy atom. The van der Waals surface area contributed by atoms with Crippen molar-refractivity contribution < 1.29 is 24.3 Å². The smallest absolute Gasteiger partial charge is 0.352 e.